The largest absolute Gasteiger partial charge is 0.361 e. The van der Waals surface area contributed by atoms with Gasteiger partial charge in [-0.15, -0.1) is 22.7 Å². The number of benzene rings is 1. The number of hydrogen-bond acceptors (Lipinski definition) is 5. The number of hydrogen-bond donors (Lipinski definition) is 1. The normalized spacial score (nSPS) is 15.4. The smallest absolute Gasteiger partial charge is 0.231 e. The third-order valence-corrected chi connectivity index (χ3v) is 6.77. The molecule has 6 heteroatoms. The van der Waals surface area contributed by atoms with Gasteiger partial charge in [-0.2, -0.15) is 0 Å². The second-order valence-corrected chi connectivity index (χ2v) is 8.65. The monoisotopic (exact) mass is 381 g/mol. The average Bonchev–Trinajstić information content (AvgIpc) is 3.38. The standard InChI is InChI=1S/C20H19N3OS2/c24-18-11-15-10-14(9-13-3-1-7-23(18)19(13)15)17-12-26-20(22-17)21-6-5-16-4-2-8-25-16/h2,4,8-10,12H,1,3,5-7,11H2,(H,21,22). The molecule has 0 radical (unpaired) electrons. The molecule has 1 N–H and O–H groups in total. The first-order valence-electron chi connectivity index (χ1n) is 8.96. The van der Waals surface area contributed by atoms with Crippen LogP contribution in [0.4, 0.5) is 10.8 Å². The lowest BCUT2D eigenvalue weighted by Gasteiger charge is -2.25. The molecule has 5 rings (SSSR count). The van der Waals surface area contributed by atoms with Crippen molar-refractivity contribution >= 4 is 39.4 Å². The van der Waals surface area contributed by atoms with Gasteiger partial charge in [0, 0.05) is 28.9 Å². The van der Waals surface area contributed by atoms with Gasteiger partial charge in [-0.1, -0.05) is 6.07 Å². The van der Waals surface area contributed by atoms with Gasteiger partial charge in [0.2, 0.25) is 5.91 Å². The molecule has 3 aromatic rings. The topological polar surface area (TPSA) is 45.2 Å². The van der Waals surface area contributed by atoms with E-state index in [0.717, 1.165) is 48.7 Å². The zero-order valence-electron chi connectivity index (χ0n) is 14.3. The number of nitrogens with one attached hydrogen (secondary N) is 1. The lowest BCUT2D eigenvalue weighted by atomic mass is 9.96. The molecular formula is C20H19N3OS2. The Balaban J connectivity index is 1.35. The highest BCUT2D eigenvalue weighted by Crippen LogP contribution is 2.40. The number of carbonyl (C=O) groups is 1. The van der Waals surface area contributed by atoms with Crippen LogP contribution in [0.15, 0.2) is 35.0 Å². The van der Waals surface area contributed by atoms with Gasteiger partial charge in [0.25, 0.3) is 0 Å². The number of anilines is 2. The van der Waals surface area contributed by atoms with Crippen LogP contribution in [0, 0.1) is 0 Å². The molecule has 2 aromatic heterocycles. The van der Waals surface area contributed by atoms with Crippen LogP contribution in [0.5, 0.6) is 0 Å². The number of thiophene rings is 1. The highest BCUT2D eigenvalue weighted by molar-refractivity contribution is 7.14. The van der Waals surface area contributed by atoms with Crippen LogP contribution in [0.25, 0.3) is 11.3 Å². The lowest BCUT2D eigenvalue weighted by molar-refractivity contribution is -0.117. The molecule has 0 bridgehead atoms. The van der Waals surface area contributed by atoms with Crippen molar-refractivity contribution in [1.82, 2.24) is 4.98 Å². The maximum absolute atomic E-state index is 12.2. The molecule has 26 heavy (non-hydrogen) atoms. The van der Waals surface area contributed by atoms with Gasteiger partial charge in [-0.25, -0.2) is 4.98 Å². The third-order valence-electron chi connectivity index (χ3n) is 5.04. The average molecular weight is 382 g/mol. The highest BCUT2D eigenvalue weighted by Gasteiger charge is 2.32. The van der Waals surface area contributed by atoms with Gasteiger partial charge in [-0.3, -0.25) is 4.79 Å². The molecule has 0 fully saturated rings. The summed E-state index contributed by atoms with van der Waals surface area (Å²) in [6.07, 6.45) is 3.66. The van der Waals surface area contributed by atoms with Crippen molar-refractivity contribution in [2.75, 3.05) is 23.3 Å². The minimum Gasteiger partial charge on any atom is -0.361 e. The van der Waals surface area contributed by atoms with Crippen LogP contribution in [0.3, 0.4) is 0 Å². The third kappa shape index (κ3) is 2.83. The van der Waals surface area contributed by atoms with Crippen molar-refractivity contribution in [3.63, 3.8) is 0 Å². The molecule has 1 aromatic carbocycles. The van der Waals surface area contributed by atoms with Gasteiger partial charge >= 0.3 is 0 Å². The summed E-state index contributed by atoms with van der Waals surface area (Å²) in [5.41, 5.74) is 5.79. The molecule has 0 saturated carbocycles. The van der Waals surface area contributed by atoms with Gasteiger partial charge in [0.15, 0.2) is 5.13 Å². The van der Waals surface area contributed by atoms with E-state index in [2.05, 4.69) is 40.3 Å². The Morgan fingerprint density at radius 1 is 1.23 bits per heavy atom. The van der Waals surface area contributed by atoms with Gasteiger partial charge in [-0.05, 0) is 54.0 Å². The fourth-order valence-electron chi connectivity index (χ4n) is 3.86. The molecule has 0 unspecified atom stereocenters. The second-order valence-electron chi connectivity index (χ2n) is 6.76. The summed E-state index contributed by atoms with van der Waals surface area (Å²) in [4.78, 5) is 20.3. The zero-order valence-corrected chi connectivity index (χ0v) is 16.0. The Morgan fingerprint density at radius 2 is 2.15 bits per heavy atom. The fourth-order valence-corrected chi connectivity index (χ4v) is 5.32. The summed E-state index contributed by atoms with van der Waals surface area (Å²) in [6.45, 7) is 1.76. The minimum absolute atomic E-state index is 0.243. The first kappa shape index (κ1) is 16.0. The molecule has 0 atom stereocenters. The van der Waals surface area contributed by atoms with Crippen LogP contribution in [0.2, 0.25) is 0 Å². The molecule has 1 amide bonds. The van der Waals surface area contributed by atoms with E-state index in [-0.39, 0.29) is 5.91 Å². The SMILES string of the molecule is O=C1Cc2cc(-c3csc(NCCc4cccs4)n3)cc3c2N1CCC3. The number of thiazole rings is 1. The highest BCUT2D eigenvalue weighted by atomic mass is 32.1. The maximum atomic E-state index is 12.2. The zero-order chi connectivity index (χ0) is 17.5. The molecule has 132 valence electrons. The van der Waals surface area contributed by atoms with E-state index >= 15 is 0 Å². The second kappa shape index (κ2) is 6.52. The number of rotatable bonds is 5. The van der Waals surface area contributed by atoms with E-state index in [0.29, 0.717) is 6.42 Å². The van der Waals surface area contributed by atoms with Crippen molar-refractivity contribution in [1.29, 1.82) is 0 Å². The quantitative estimate of drug-likeness (QED) is 0.714. The van der Waals surface area contributed by atoms with E-state index in [9.17, 15) is 4.79 Å². The van der Waals surface area contributed by atoms with Crippen LogP contribution >= 0.6 is 22.7 Å². The minimum atomic E-state index is 0.243. The van der Waals surface area contributed by atoms with Crippen molar-refractivity contribution < 1.29 is 4.79 Å². The summed E-state index contributed by atoms with van der Waals surface area (Å²) >= 11 is 3.44. The predicted octanol–water partition coefficient (Wildman–Crippen LogP) is 4.36. The van der Waals surface area contributed by atoms with E-state index in [4.69, 9.17) is 4.98 Å². The first-order chi connectivity index (χ1) is 12.8. The van der Waals surface area contributed by atoms with E-state index < -0.39 is 0 Å². The molecule has 0 spiro atoms. The molecule has 4 nitrogen and oxygen atoms in total. The molecule has 0 saturated heterocycles. The van der Waals surface area contributed by atoms with Gasteiger partial charge in [0.1, 0.15) is 0 Å². The van der Waals surface area contributed by atoms with Crippen molar-refractivity contribution in [2.24, 2.45) is 0 Å². The number of nitrogens with zero attached hydrogens (tertiary/aromatic N) is 2. The van der Waals surface area contributed by atoms with Crippen LogP contribution in [0.1, 0.15) is 22.4 Å². The van der Waals surface area contributed by atoms with Crippen LogP contribution in [-0.2, 0) is 24.1 Å². The summed E-state index contributed by atoms with van der Waals surface area (Å²) in [7, 11) is 0. The van der Waals surface area contributed by atoms with E-state index in [1.807, 2.05) is 4.90 Å². The van der Waals surface area contributed by atoms with Crippen molar-refractivity contribution in [3.8, 4) is 11.3 Å². The Labute approximate surface area is 160 Å². The number of aryl methyl sites for hydroxylation is 1. The number of amides is 1. The molecular weight excluding hydrogens is 362 g/mol. The van der Waals surface area contributed by atoms with Gasteiger partial charge in [0.05, 0.1) is 17.8 Å². The maximum Gasteiger partial charge on any atom is 0.231 e. The Morgan fingerprint density at radius 3 is 3.04 bits per heavy atom. The van der Waals surface area contributed by atoms with E-state index in [1.54, 1.807) is 22.7 Å². The molecule has 4 heterocycles. The van der Waals surface area contributed by atoms with Crippen LogP contribution < -0.4 is 10.2 Å². The predicted molar refractivity (Wildman–Crippen MR) is 108 cm³/mol. The molecule has 2 aliphatic heterocycles. The molecule has 0 aliphatic carbocycles. The summed E-state index contributed by atoms with van der Waals surface area (Å²) in [5, 5.41) is 8.62. The number of aromatic nitrogens is 1. The van der Waals surface area contributed by atoms with Gasteiger partial charge < -0.3 is 10.2 Å². The Hall–Kier alpha value is -2.18. The van der Waals surface area contributed by atoms with Crippen LogP contribution in [-0.4, -0.2) is 24.0 Å². The first-order valence-corrected chi connectivity index (χ1v) is 10.7. The van der Waals surface area contributed by atoms with E-state index in [1.165, 1.54) is 21.7 Å². The molecule has 2 aliphatic rings. The summed E-state index contributed by atoms with van der Waals surface area (Å²) in [6, 6.07) is 8.65. The van der Waals surface area contributed by atoms with Crippen molar-refractivity contribution in [3.05, 3.63) is 51.0 Å². The lowest BCUT2D eigenvalue weighted by Crippen LogP contribution is -2.31. The summed E-state index contributed by atoms with van der Waals surface area (Å²) in [5.74, 6) is 0.243. The fraction of sp³-hybridized carbons (Fsp3) is 0.300. The number of carbonyl (C=O) groups excluding carboxylic acids is 1. The Kier molecular flexibility index (Phi) is 4.02. The van der Waals surface area contributed by atoms with Crippen molar-refractivity contribution in [2.45, 2.75) is 25.7 Å². The Bertz CT molecular complexity index is 962. The summed E-state index contributed by atoms with van der Waals surface area (Å²) < 4.78 is 0.